The minimum absolute atomic E-state index is 0.268. The molecule has 4 rings (SSSR count). The summed E-state index contributed by atoms with van der Waals surface area (Å²) in [5, 5.41) is 22.1. The van der Waals surface area contributed by atoms with Crippen molar-refractivity contribution in [2.45, 2.75) is 6.54 Å². The summed E-state index contributed by atoms with van der Waals surface area (Å²) >= 11 is 1.45. The average molecular weight is 403 g/mol. The molecule has 0 amide bonds. The summed E-state index contributed by atoms with van der Waals surface area (Å²) in [6.07, 6.45) is 0. The number of carboxylic acids is 1. The van der Waals surface area contributed by atoms with Gasteiger partial charge in [-0.15, -0.1) is 10.2 Å². The number of aromatic carboxylic acids is 1. The van der Waals surface area contributed by atoms with E-state index in [-0.39, 0.29) is 5.56 Å². The van der Waals surface area contributed by atoms with Crippen LogP contribution in [0.3, 0.4) is 0 Å². The van der Waals surface area contributed by atoms with Gasteiger partial charge >= 0.3 is 5.97 Å². The second kappa shape index (κ2) is 8.53. The van der Waals surface area contributed by atoms with Gasteiger partial charge in [0, 0.05) is 12.1 Å². The molecule has 0 aliphatic carbocycles. The smallest absolute Gasteiger partial charge is 0.335 e. The largest absolute Gasteiger partial charge is 0.478 e. The fourth-order valence-corrected chi connectivity index (χ4v) is 3.41. The van der Waals surface area contributed by atoms with Gasteiger partial charge in [-0.05, 0) is 42.0 Å². The lowest BCUT2D eigenvalue weighted by Gasteiger charge is -2.06. The summed E-state index contributed by atoms with van der Waals surface area (Å²) in [6, 6.07) is 24.1. The molecule has 0 atom stereocenters. The van der Waals surface area contributed by atoms with E-state index in [1.54, 1.807) is 24.3 Å². The third-order valence-corrected chi connectivity index (χ3v) is 5.06. The molecule has 3 aromatic carbocycles. The molecule has 0 saturated carbocycles. The molecule has 0 spiro atoms. The number of nitrogens with zero attached hydrogens (tertiary/aromatic N) is 2. The van der Waals surface area contributed by atoms with Crippen molar-refractivity contribution in [3.8, 4) is 22.1 Å². The number of rotatable bonds is 7. The van der Waals surface area contributed by atoms with Crippen LogP contribution in [0.2, 0.25) is 0 Å². The van der Waals surface area contributed by atoms with Gasteiger partial charge < -0.3 is 15.2 Å². The Bertz CT molecular complexity index is 1110. The first kappa shape index (κ1) is 18.6. The predicted molar refractivity (Wildman–Crippen MR) is 113 cm³/mol. The average Bonchev–Trinajstić information content (AvgIpc) is 3.23. The molecule has 144 valence electrons. The summed E-state index contributed by atoms with van der Waals surface area (Å²) in [6.45, 7) is 0.533. The molecule has 29 heavy (non-hydrogen) atoms. The summed E-state index contributed by atoms with van der Waals surface area (Å²) in [5.41, 5.74) is 2.16. The van der Waals surface area contributed by atoms with E-state index in [1.807, 2.05) is 54.6 Å². The monoisotopic (exact) mass is 403 g/mol. The third kappa shape index (κ3) is 4.77. The topological polar surface area (TPSA) is 84.3 Å². The highest BCUT2D eigenvalue weighted by atomic mass is 32.1. The Balaban J connectivity index is 1.42. The summed E-state index contributed by atoms with van der Waals surface area (Å²) in [5.74, 6) is 0.576. The highest BCUT2D eigenvalue weighted by molar-refractivity contribution is 7.18. The van der Waals surface area contributed by atoms with Crippen LogP contribution in [0.1, 0.15) is 15.9 Å². The number of hydrogen-bond acceptors (Lipinski definition) is 6. The molecule has 1 heterocycles. The van der Waals surface area contributed by atoms with Gasteiger partial charge in [-0.25, -0.2) is 4.79 Å². The number of anilines is 1. The van der Waals surface area contributed by atoms with Gasteiger partial charge in [0.15, 0.2) is 0 Å². The Labute approximate surface area is 171 Å². The number of carbonyl (C=O) groups is 1. The molecule has 0 saturated heterocycles. The van der Waals surface area contributed by atoms with E-state index >= 15 is 0 Å². The molecule has 1 aromatic heterocycles. The Morgan fingerprint density at radius 2 is 1.69 bits per heavy atom. The molecule has 0 fully saturated rings. The van der Waals surface area contributed by atoms with Gasteiger partial charge in [0.1, 0.15) is 16.5 Å². The van der Waals surface area contributed by atoms with E-state index in [0.29, 0.717) is 11.7 Å². The Hall–Kier alpha value is -3.71. The van der Waals surface area contributed by atoms with Crippen molar-refractivity contribution >= 4 is 22.4 Å². The first-order chi connectivity index (χ1) is 14.2. The van der Waals surface area contributed by atoms with Crippen LogP contribution in [0.25, 0.3) is 10.6 Å². The van der Waals surface area contributed by atoms with Crippen molar-refractivity contribution < 1.29 is 14.6 Å². The van der Waals surface area contributed by atoms with Crippen molar-refractivity contribution in [3.05, 3.63) is 90.0 Å². The quantitative estimate of drug-likeness (QED) is 0.435. The number of carboxylic acid groups (broad SMARTS) is 1. The number of hydrogen-bond donors (Lipinski definition) is 2. The van der Waals surface area contributed by atoms with Crippen LogP contribution in [0.5, 0.6) is 11.5 Å². The van der Waals surface area contributed by atoms with E-state index in [2.05, 4.69) is 15.5 Å². The molecule has 2 N–H and O–H groups in total. The molecular formula is C22H17N3O3S. The molecule has 0 radical (unpaired) electrons. The maximum Gasteiger partial charge on any atom is 0.335 e. The Kier molecular flexibility index (Phi) is 5.49. The zero-order valence-electron chi connectivity index (χ0n) is 15.3. The van der Waals surface area contributed by atoms with Gasteiger partial charge in [0.05, 0.1) is 5.56 Å². The van der Waals surface area contributed by atoms with Gasteiger partial charge in [-0.1, -0.05) is 53.8 Å². The van der Waals surface area contributed by atoms with Crippen molar-refractivity contribution in [2.75, 3.05) is 5.32 Å². The fourth-order valence-electron chi connectivity index (χ4n) is 2.67. The van der Waals surface area contributed by atoms with Gasteiger partial charge in [0.25, 0.3) is 0 Å². The molecular weight excluding hydrogens is 386 g/mol. The number of benzene rings is 3. The summed E-state index contributed by atoms with van der Waals surface area (Å²) in [7, 11) is 0. The lowest BCUT2D eigenvalue weighted by Crippen LogP contribution is -2.00. The fraction of sp³-hybridized carbons (Fsp3) is 0.0455. The number of aromatic nitrogens is 2. The Morgan fingerprint density at radius 3 is 2.45 bits per heavy atom. The maximum atomic E-state index is 10.9. The molecule has 0 bridgehead atoms. The molecule has 6 nitrogen and oxygen atoms in total. The van der Waals surface area contributed by atoms with E-state index in [1.165, 1.54) is 11.3 Å². The van der Waals surface area contributed by atoms with E-state index < -0.39 is 5.97 Å². The van der Waals surface area contributed by atoms with Crippen LogP contribution in [0.4, 0.5) is 5.13 Å². The van der Waals surface area contributed by atoms with E-state index in [0.717, 1.165) is 27.6 Å². The predicted octanol–water partition coefficient (Wildman–Crippen LogP) is 5.31. The van der Waals surface area contributed by atoms with Crippen LogP contribution in [0.15, 0.2) is 78.9 Å². The van der Waals surface area contributed by atoms with Gasteiger partial charge in [-0.3, -0.25) is 0 Å². The molecule has 4 aromatic rings. The number of nitrogens with one attached hydrogen (secondary N) is 1. The van der Waals surface area contributed by atoms with Crippen LogP contribution in [-0.4, -0.2) is 21.3 Å². The van der Waals surface area contributed by atoms with Crippen LogP contribution in [-0.2, 0) is 6.54 Å². The number of ether oxygens (including phenoxy) is 1. The number of para-hydroxylation sites is 1. The molecule has 7 heteroatoms. The van der Waals surface area contributed by atoms with Crippen LogP contribution < -0.4 is 10.1 Å². The highest BCUT2D eigenvalue weighted by Crippen LogP contribution is 2.30. The minimum atomic E-state index is -0.934. The molecule has 0 aliphatic heterocycles. The SMILES string of the molecule is O=C(O)c1ccc(CNc2nnc(-c3cccc(Oc4ccccc4)c3)s2)cc1. The first-order valence-electron chi connectivity index (χ1n) is 8.90. The third-order valence-electron chi connectivity index (χ3n) is 4.13. The van der Waals surface area contributed by atoms with Crippen LogP contribution in [0, 0.1) is 0 Å². The second-order valence-corrected chi connectivity index (χ2v) is 7.19. The van der Waals surface area contributed by atoms with Crippen LogP contribution >= 0.6 is 11.3 Å². The zero-order chi connectivity index (χ0) is 20.1. The summed E-state index contributed by atoms with van der Waals surface area (Å²) < 4.78 is 5.88. The van der Waals surface area contributed by atoms with E-state index in [9.17, 15) is 4.79 Å². The van der Waals surface area contributed by atoms with Crippen molar-refractivity contribution in [3.63, 3.8) is 0 Å². The normalized spacial score (nSPS) is 10.5. The Morgan fingerprint density at radius 1 is 0.931 bits per heavy atom. The molecule has 0 unspecified atom stereocenters. The lowest BCUT2D eigenvalue weighted by molar-refractivity contribution is 0.0697. The van der Waals surface area contributed by atoms with Gasteiger partial charge in [-0.2, -0.15) is 0 Å². The van der Waals surface area contributed by atoms with Crippen molar-refractivity contribution in [1.82, 2.24) is 10.2 Å². The highest BCUT2D eigenvalue weighted by Gasteiger charge is 2.09. The van der Waals surface area contributed by atoms with Crippen molar-refractivity contribution in [2.24, 2.45) is 0 Å². The zero-order valence-corrected chi connectivity index (χ0v) is 16.1. The standard InChI is InChI=1S/C22H17N3O3S/c26-21(27)16-11-9-15(10-12-16)14-23-22-25-24-20(29-22)17-5-4-8-19(13-17)28-18-6-2-1-3-7-18/h1-13H,14H2,(H,23,25)(H,26,27). The lowest BCUT2D eigenvalue weighted by atomic mass is 10.1. The first-order valence-corrected chi connectivity index (χ1v) is 9.72. The van der Waals surface area contributed by atoms with E-state index in [4.69, 9.17) is 9.84 Å². The molecule has 0 aliphatic rings. The maximum absolute atomic E-state index is 10.9. The van der Waals surface area contributed by atoms with Gasteiger partial charge in [0.2, 0.25) is 5.13 Å². The second-order valence-electron chi connectivity index (χ2n) is 6.21. The summed E-state index contributed by atoms with van der Waals surface area (Å²) in [4.78, 5) is 10.9. The minimum Gasteiger partial charge on any atom is -0.478 e. The van der Waals surface area contributed by atoms with Crippen molar-refractivity contribution in [1.29, 1.82) is 0 Å².